The van der Waals surface area contributed by atoms with Gasteiger partial charge in [-0.2, -0.15) is 13.2 Å². The Bertz CT molecular complexity index is 462. The number of thioether (sulfide) groups is 1. The first kappa shape index (κ1) is 17.9. The van der Waals surface area contributed by atoms with E-state index in [2.05, 4.69) is 12.2 Å². The van der Waals surface area contributed by atoms with Gasteiger partial charge in [-0.25, -0.2) is 0 Å². The van der Waals surface area contributed by atoms with E-state index in [1.54, 1.807) is 24.3 Å². The van der Waals surface area contributed by atoms with Crippen molar-refractivity contribution in [3.63, 3.8) is 0 Å². The van der Waals surface area contributed by atoms with Crippen molar-refractivity contribution in [3.8, 4) is 0 Å². The summed E-state index contributed by atoms with van der Waals surface area (Å²) in [6, 6.07) is 6.57. The summed E-state index contributed by atoms with van der Waals surface area (Å²) in [6.45, 7) is 4.05. The molecule has 0 bridgehead atoms. The zero-order valence-electron chi connectivity index (χ0n) is 12.2. The van der Waals surface area contributed by atoms with Crippen LogP contribution in [0.3, 0.4) is 0 Å². The number of carbonyl (C=O) groups excluding carboxylic acids is 1. The fourth-order valence-electron chi connectivity index (χ4n) is 1.97. The molecular weight excluding hydrogens is 299 g/mol. The Kier molecular flexibility index (Phi) is 7.08. The van der Waals surface area contributed by atoms with Crippen LogP contribution in [0.15, 0.2) is 29.2 Å². The molecule has 21 heavy (non-hydrogen) atoms. The van der Waals surface area contributed by atoms with Gasteiger partial charge in [0, 0.05) is 11.3 Å². The Morgan fingerprint density at radius 3 is 2.62 bits per heavy atom. The Morgan fingerprint density at radius 1 is 1.33 bits per heavy atom. The summed E-state index contributed by atoms with van der Waals surface area (Å²) < 4.78 is 36.9. The third kappa shape index (κ3) is 7.41. The molecule has 1 unspecified atom stereocenters. The minimum Gasteiger partial charge on any atom is -0.325 e. The maximum atomic E-state index is 12.3. The molecule has 1 aromatic carbocycles. The average Bonchev–Trinajstić information content (AvgIpc) is 2.36. The fraction of sp³-hybridized carbons (Fsp3) is 0.533. The minimum atomic E-state index is -4.22. The Balaban J connectivity index is 2.64. The van der Waals surface area contributed by atoms with E-state index in [-0.39, 0.29) is 11.8 Å². The van der Waals surface area contributed by atoms with Crippen molar-refractivity contribution in [2.45, 2.75) is 44.2 Å². The highest BCUT2D eigenvalue weighted by molar-refractivity contribution is 7.99. The van der Waals surface area contributed by atoms with E-state index >= 15 is 0 Å². The van der Waals surface area contributed by atoms with Crippen LogP contribution in [0.25, 0.3) is 0 Å². The molecule has 0 aliphatic rings. The van der Waals surface area contributed by atoms with E-state index in [0.29, 0.717) is 28.8 Å². The highest BCUT2D eigenvalue weighted by Crippen LogP contribution is 2.32. The molecule has 0 heterocycles. The largest absolute Gasteiger partial charge is 0.398 e. The van der Waals surface area contributed by atoms with Crippen LogP contribution in [0.2, 0.25) is 0 Å². The van der Waals surface area contributed by atoms with Gasteiger partial charge in [-0.1, -0.05) is 38.8 Å². The van der Waals surface area contributed by atoms with Crippen molar-refractivity contribution >= 4 is 23.4 Å². The van der Waals surface area contributed by atoms with Gasteiger partial charge in [-0.15, -0.1) is 11.8 Å². The fourth-order valence-corrected chi connectivity index (χ4v) is 2.74. The number of rotatable bonds is 7. The molecule has 1 N–H and O–H groups in total. The third-order valence-corrected chi connectivity index (χ3v) is 4.01. The second kappa shape index (κ2) is 8.32. The molecule has 0 aliphatic carbocycles. The van der Waals surface area contributed by atoms with Gasteiger partial charge in [0.25, 0.3) is 0 Å². The predicted molar refractivity (Wildman–Crippen MR) is 80.5 cm³/mol. The van der Waals surface area contributed by atoms with E-state index in [1.165, 1.54) is 0 Å². The number of alkyl halides is 3. The van der Waals surface area contributed by atoms with Crippen LogP contribution in [0.1, 0.15) is 33.1 Å². The Morgan fingerprint density at radius 2 is 2.00 bits per heavy atom. The SMILES string of the molecule is CCCC(C)CC(=O)Nc1ccccc1SCC(F)(F)F. The Labute approximate surface area is 127 Å². The molecule has 0 saturated carbocycles. The molecule has 1 rings (SSSR count). The number of halogens is 3. The highest BCUT2D eigenvalue weighted by atomic mass is 32.2. The lowest BCUT2D eigenvalue weighted by Crippen LogP contribution is -2.16. The van der Waals surface area contributed by atoms with Crippen molar-refractivity contribution in [1.82, 2.24) is 0 Å². The molecular formula is C15H20F3NOS. The number of hydrogen-bond donors (Lipinski definition) is 1. The van der Waals surface area contributed by atoms with Crippen LogP contribution < -0.4 is 5.32 Å². The molecule has 1 amide bonds. The quantitative estimate of drug-likeness (QED) is 0.708. The topological polar surface area (TPSA) is 29.1 Å². The number of para-hydroxylation sites is 1. The van der Waals surface area contributed by atoms with Gasteiger partial charge in [0.1, 0.15) is 0 Å². The number of nitrogens with one attached hydrogen (secondary N) is 1. The molecule has 0 saturated heterocycles. The molecule has 0 fully saturated rings. The van der Waals surface area contributed by atoms with E-state index in [1.807, 2.05) is 6.92 Å². The maximum absolute atomic E-state index is 12.3. The van der Waals surface area contributed by atoms with Gasteiger partial charge in [0.05, 0.1) is 11.4 Å². The number of anilines is 1. The Hall–Kier alpha value is -1.17. The first-order chi connectivity index (χ1) is 9.81. The summed E-state index contributed by atoms with van der Waals surface area (Å²) in [5.74, 6) is -0.854. The molecule has 1 aromatic rings. The minimum absolute atomic E-state index is 0.156. The number of carbonyl (C=O) groups is 1. The molecule has 0 aliphatic heterocycles. The van der Waals surface area contributed by atoms with Crippen LogP contribution in [0, 0.1) is 5.92 Å². The lowest BCUT2D eigenvalue weighted by atomic mass is 10.0. The molecule has 0 spiro atoms. The molecule has 118 valence electrons. The lowest BCUT2D eigenvalue weighted by molar-refractivity contribution is -0.117. The standard InChI is InChI=1S/C15H20F3NOS/c1-3-6-11(2)9-14(20)19-12-7-4-5-8-13(12)21-10-15(16,17)18/h4-5,7-8,11H,3,6,9-10H2,1-2H3,(H,19,20). The predicted octanol–water partition coefficient (Wildman–Crippen LogP) is 5.11. The molecule has 2 nitrogen and oxygen atoms in total. The summed E-state index contributed by atoms with van der Waals surface area (Å²) >= 11 is 0.685. The smallest absolute Gasteiger partial charge is 0.325 e. The first-order valence-electron chi connectivity index (χ1n) is 6.90. The normalized spacial score (nSPS) is 13.0. The van der Waals surface area contributed by atoms with Gasteiger partial charge in [-0.05, 0) is 18.1 Å². The summed E-state index contributed by atoms with van der Waals surface area (Å²) in [6.07, 6.45) is -1.88. The van der Waals surface area contributed by atoms with Crippen LogP contribution >= 0.6 is 11.8 Å². The highest BCUT2D eigenvalue weighted by Gasteiger charge is 2.27. The first-order valence-corrected chi connectivity index (χ1v) is 7.88. The van der Waals surface area contributed by atoms with Gasteiger partial charge in [0.15, 0.2) is 0 Å². The van der Waals surface area contributed by atoms with Crippen LogP contribution in [0.4, 0.5) is 18.9 Å². The number of hydrogen-bond acceptors (Lipinski definition) is 2. The van der Waals surface area contributed by atoms with Crippen molar-refractivity contribution in [1.29, 1.82) is 0 Å². The van der Waals surface area contributed by atoms with Crippen molar-refractivity contribution in [2.75, 3.05) is 11.1 Å². The van der Waals surface area contributed by atoms with Gasteiger partial charge < -0.3 is 5.32 Å². The monoisotopic (exact) mass is 319 g/mol. The average molecular weight is 319 g/mol. The lowest BCUT2D eigenvalue weighted by Gasteiger charge is -2.13. The summed E-state index contributed by atoms with van der Waals surface area (Å²) in [5.41, 5.74) is 0.445. The van der Waals surface area contributed by atoms with Crippen LogP contribution in [-0.4, -0.2) is 17.8 Å². The van der Waals surface area contributed by atoms with Gasteiger partial charge >= 0.3 is 6.18 Å². The van der Waals surface area contributed by atoms with Gasteiger partial charge in [-0.3, -0.25) is 4.79 Å². The molecule has 6 heteroatoms. The maximum Gasteiger partial charge on any atom is 0.398 e. The second-order valence-electron chi connectivity index (χ2n) is 5.05. The van der Waals surface area contributed by atoms with Gasteiger partial charge in [0.2, 0.25) is 5.91 Å². The van der Waals surface area contributed by atoms with Crippen molar-refractivity contribution in [3.05, 3.63) is 24.3 Å². The second-order valence-corrected chi connectivity index (χ2v) is 6.06. The number of amides is 1. The van der Waals surface area contributed by atoms with Crippen molar-refractivity contribution in [2.24, 2.45) is 5.92 Å². The van der Waals surface area contributed by atoms with Crippen molar-refractivity contribution < 1.29 is 18.0 Å². The summed E-state index contributed by atoms with van der Waals surface area (Å²) in [5, 5.41) is 2.71. The van der Waals surface area contributed by atoms with E-state index in [0.717, 1.165) is 12.8 Å². The number of benzene rings is 1. The zero-order valence-corrected chi connectivity index (χ0v) is 13.0. The molecule has 0 aromatic heterocycles. The molecule has 0 radical (unpaired) electrons. The van der Waals surface area contributed by atoms with E-state index < -0.39 is 11.9 Å². The molecule has 1 atom stereocenters. The van der Waals surface area contributed by atoms with E-state index in [4.69, 9.17) is 0 Å². The van der Waals surface area contributed by atoms with Crippen LogP contribution in [0.5, 0.6) is 0 Å². The third-order valence-electron chi connectivity index (χ3n) is 2.87. The van der Waals surface area contributed by atoms with Crippen LogP contribution in [-0.2, 0) is 4.79 Å². The summed E-state index contributed by atoms with van der Waals surface area (Å²) in [4.78, 5) is 12.3. The zero-order chi connectivity index (χ0) is 15.9. The summed E-state index contributed by atoms with van der Waals surface area (Å²) in [7, 11) is 0. The van der Waals surface area contributed by atoms with E-state index in [9.17, 15) is 18.0 Å².